The molecule has 0 fully saturated rings. The highest BCUT2D eigenvalue weighted by Crippen LogP contribution is 2.31. The highest BCUT2D eigenvalue weighted by Gasteiger charge is 2.33. The average Bonchev–Trinajstić information content (AvgIpc) is 3.34. The van der Waals surface area contributed by atoms with Crippen LogP contribution in [-0.2, 0) is 9.53 Å². The summed E-state index contributed by atoms with van der Waals surface area (Å²) in [6, 6.07) is 19.9. The molecule has 0 saturated heterocycles. The molecule has 0 radical (unpaired) electrons. The van der Waals surface area contributed by atoms with Crippen molar-refractivity contribution in [1.82, 2.24) is 4.57 Å². The third-order valence-corrected chi connectivity index (χ3v) is 7.78. The Kier molecular flexibility index (Phi) is 9.20. The number of ether oxygens (including phenoxy) is 4. The predicted molar refractivity (Wildman–Crippen MR) is 167 cm³/mol. The second-order valence-electron chi connectivity index (χ2n) is 9.66. The van der Waals surface area contributed by atoms with Crippen molar-refractivity contribution in [3.05, 3.63) is 133 Å². The summed E-state index contributed by atoms with van der Waals surface area (Å²) < 4.78 is 23.5. The van der Waals surface area contributed by atoms with E-state index < -0.39 is 18.0 Å². The number of methoxy groups -OCH3 is 1. The van der Waals surface area contributed by atoms with Crippen molar-refractivity contribution in [2.75, 3.05) is 20.3 Å². The zero-order valence-corrected chi connectivity index (χ0v) is 25.3. The van der Waals surface area contributed by atoms with E-state index in [0.29, 0.717) is 55.6 Å². The Morgan fingerprint density at radius 2 is 1.61 bits per heavy atom. The molecule has 3 aromatic carbocycles. The summed E-state index contributed by atoms with van der Waals surface area (Å²) in [5, 5.41) is 0. The van der Waals surface area contributed by atoms with Crippen LogP contribution >= 0.6 is 11.3 Å². The Morgan fingerprint density at radius 1 is 0.955 bits per heavy atom. The van der Waals surface area contributed by atoms with Gasteiger partial charge in [-0.05, 0) is 79.6 Å². The van der Waals surface area contributed by atoms with Crippen LogP contribution in [0, 0.1) is 0 Å². The van der Waals surface area contributed by atoms with Gasteiger partial charge in [0.25, 0.3) is 5.56 Å². The van der Waals surface area contributed by atoms with Crippen LogP contribution < -0.4 is 29.1 Å². The maximum atomic E-state index is 13.9. The molecule has 9 nitrogen and oxygen atoms in total. The fourth-order valence-electron chi connectivity index (χ4n) is 4.68. The van der Waals surface area contributed by atoms with Gasteiger partial charge in [0, 0.05) is 0 Å². The first kappa shape index (κ1) is 30.2. The van der Waals surface area contributed by atoms with Crippen molar-refractivity contribution >= 4 is 29.4 Å². The molecular weight excluding hydrogens is 580 g/mol. The molecule has 2 heterocycles. The van der Waals surface area contributed by atoms with E-state index >= 15 is 0 Å². The van der Waals surface area contributed by atoms with E-state index in [1.54, 1.807) is 93.8 Å². The molecule has 0 aliphatic carbocycles. The van der Waals surface area contributed by atoms with Crippen molar-refractivity contribution in [2.24, 2.45) is 4.99 Å². The zero-order chi connectivity index (χ0) is 31.2. The molecule has 1 aromatic heterocycles. The number of esters is 2. The van der Waals surface area contributed by atoms with Crippen LogP contribution in [0.2, 0.25) is 0 Å². The number of benzene rings is 3. The number of hydrogen-bond acceptors (Lipinski definition) is 9. The van der Waals surface area contributed by atoms with Gasteiger partial charge in [-0.25, -0.2) is 14.6 Å². The number of nitrogens with zero attached hydrogens (tertiary/aromatic N) is 2. The van der Waals surface area contributed by atoms with Gasteiger partial charge in [0.1, 0.15) is 23.9 Å². The van der Waals surface area contributed by atoms with E-state index in [1.807, 2.05) is 12.1 Å². The molecule has 5 rings (SSSR count). The topological polar surface area (TPSA) is 105 Å². The minimum atomic E-state index is -0.736. The van der Waals surface area contributed by atoms with Gasteiger partial charge in [-0.1, -0.05) is 48.3 Å². The minimum absolute atomic E-state index is 0.187. The summed E-state index contributed by atoms with van der Waals surface area (Å²) in [7, 11) is 1.55. The molecule has 1 aliphatic heterocycles. The van der Waals surface area contributed by atoms with Gasteiger partial charge in [-0.3, -0.25) is 9.36 Å². The maximum absolute atomic E-state index is 13.9. The van der Waals surface area contributed by atoms with Crippen LogP contribution in [0.1, 0.15) is 41.4 Å². The first-order valence-corrected chi connectivity index (χ1v) is 14.6. The summed E-state index contributed by atoms with van der Waals surface area (Å²) >= 11 is 1.23. The van der Waals surface area contributed by atoms with Crippen molar-refractivity contribution in [1.29, 1.82) is 0 Å². The van der Waals surface area contributed by atoms with E-state index in [9.17, 15) is 14.4 Å². The van der Waals surface area contributed by atoms with Gasteiger partial charge in [-0.2, -0.15) is 0 Å². The lowest BCUT2D eigenvalue weighted by atomic mass is 9.96. The molecule has 44 heavy (non-hydrogen) atoms. The van der Waals surface area contributed by atoms with Crippen LogP contribution in [0.15, 0.2) is 107 Å². The number of hydrogen-bond donors (Lipinski definition) is 0. The number of carbonyl (C=O) groups excluding carboxylic acids is 2. The molecular formula is C34H30N2O7S. The lowest BCUT2D eigenvalue weighted by molar-refractivity contribution is -0.139. The van der Waals surface area contributed by atoms with Gasteiger partial charge in [0.2, 0.25) is 0 Å². The highest BCUT2D eigenvalue weighted by molar-refractivity contribution is 7.07. The molecule has 4 aromatic rings. The summed E-state index contributed by atoms with van der Waals surface area (Å²) in [5.41, 5.74) is 2.31. The fourth-order valence-corrected chi connectivity index (χ4v) is 5.73. The molecule has 0 saturated carbocycles. The Morgan fingerprint density at radius 3 is 2.25 bits per heavy atom. The molecule has 224 valence electrons. The van der Waals surface area contributed by atoms with Gasteiger partial charge in [-0.15, -0.1) is 0 Å². The van der Waals surface area contributed by atoms with Gasteiger partial charge in [0.15, 0.2) is 4.80 Å². The zero-order valence-electron chi connectivity index (χ0n) is 24.4. The van der Waals surface area contributed by atoms with Crippen LogP contribution in [0.3, 0.4) is 0 Å². The van der Waals surface area contributed by atoms with Gasteiger partial charge >= 0.3 is 11.9 Å². The number of rotatable bonds is 10. The van der Waals surface area contributed by atoms with Crippen LogP contribution in [0.5, 0.6) is 17.2 Å². The standard InChI is InChI=1S/C34H30N2O7S/c1-5-19-42-26-17-9-23(10-18-26)30-29(33(39)41-6-2)21(3)35-34-36(30)31(37)28(44-34)20-22-7-13-27(14-8-22)43-32(38)24-11-15-25(40-4)16-12-24/h5,7-18,20,30H,1,6,19H2,2-4H3/b28-20-/t30-/m0/s1. The Bertz CT molecular complexity index is 1900. The third-order valence-electron chi connectivity index (χ3n) is 6.79. The number of allylic oxidation sites excluding steroid dienone is 1. The quantitative estimate of drug-likeness (QED) is 0.147. The second-order valence-corrected chi connectivity index (χ2v) is 10.7. The normalized spacial score (nSPS) is 14.3. The average molecular weight is 611 g/mol. The molecule has 0 bridgehead atoms. The number of carbonyl (C=O) groups is 2. The Hall–Kier alpha value is -5.22. The predicted octanol–water partition coefficient (Wildman–Crippen LogP) is 4.59. The van der Waals surface area contributed by atoms with Gasteiger partial charge < -0.3 is 18.9 Å². The molecule has 10 heteroatoms. The third kappa shape index (κ3) is 6.40. The van der Waals surface area contributed by atoms with Crippen LogP contribution in [-0.4, -0.2) is 36.8 Å². The van der Waals surface area contributed by atoms with Crippen LogP contribution in [0.25, 0.3) is 6.08 Å². The van der Waals surface area contributed by atoms with Crippen LogP contribution in [0.4, 0.5) is 0 Å². The van der Waals surface area contributed by atoms with E-state index in [2.05, 4.69) is 11.6 Å². The molecule has 1 aliphatic rings. The SMILES string of the molecule is C=CCOc1ccc([C@H]2C(C(=O)OCC)=C(C)N=c3s/c(=C\c4ccc(OC(=O)c5ccc(OC)cc5)cc4)c(=O)n32)cc1. The first-order chi connectivity index (χ1) is 21.3. The molecule has 1 atom stereocenters. The largest absolute Gasteiger partial charge is 0.497 e. The second kappa shape index (κ2) is 13.4. The fraction of sp³-hybridized carbons (Fsp3) is 0.176. The summed E-state index contributed by atoms with van der Waals surface area (Å²) in [4.78, 5) is 44.6. The lowest BCUT2D eigenvalue weighted by Gasteiger charge is -2.24. The molecule has 0 N–H and O–H groups in total. The maximum Gasteiger partial charge on any atom is 0.343 e. The summed E-state index contributed by atoms with van der Waals surface area (Å²) in [5.74, 6) is 0.611. The van der Waals surface area contributed by atoms with Gasteiger partial charge in [0.05, 0.1) is 41.1 Å². The number of fused-ring (bicyclic) bond motifs is 1. The molecule has 0 spiro atoms. The van der Waals surface area contributed by atoms with E-state index in [0.717, 1.165) is 5.56 Å². The first-order valence-electron chi connectivity index (χ1n) is 13.8. The summed E-state index contributed by atoms with van der Waals surface area (Å²) in [6.45, 7) is 7.68. The lowest BCUT2D eigenvalue weighted by Crippen LogP contribution is -2.39. The van der Waals surface area contributed by atoms with Crippen molar-refractivity contribution in [3.8, 4) is 17.2 Å². The Balaban J connectivity index is 1.47. The Labute approximate surface area is 257 Å². The van der Waals surface area contributed by atoms with Crippen molar-refractivity contribution in [2.45, 2.75) is 19.9 Å². The van der Waals surface area contributed by atoms with Crippen molar-refractivity contribution in [3.63, 3.8) is 0 Å². The number of aromatic nitrogens is 1. The number of thiazole rings is 1. The molecule has 0 unspecified atom stereocenters. The summed E-state index contributed by atoms with van der Waals surface area (Å²) in [6.07, 6.45) is 3.39. The van der Waals surface area contributed by atoms with E-state index in [4.69, 9.17) is 18.9 Å². The molecule has 0 amide bonds. The monoisotopic (exact) mass is 610 g/mol. The van der Waals surface area contributed by atoms with E-state index in [1.165, 1.54) is 15.9 Å². The highest BCUT2D eigenvalue weighted by atomic mass is 32.1. The van der Waals surface area contributed by atoms with Crippen molar-refractivity contribution < 1.29 is 28.5 Å². The smallest absolute Gasteiger partial charge is 0.343 e. The van der Waals surface area contributed by atoms with E-state index in [-0.39, 0.29) is 12.2 Å². The minimum Gasteiger partial charge on any atom is -0.497 e.